The summed E-state index contributed by atoms with van der Waals surface area (Å²) in [7, 11) is 0. The van der Waals surface area contributed by atoms with E-state index < -0.39 is 12.0 Å². The van der Waals surface area contributed by atoms with Crippen LogP contribution in [0.2, 0.25) is 0 Å². The van der Waals surface area contributed by atoms with Crippen molar-refractivity contribution in [3.8, 4) is 0 Å². The number of rotatable bonds is 3. The molecule has 2 atom stereocenters. The molecule has 1 amide bonds. The maximum absolute atomic E-state index is 12.4. The van der Waals surface area contributed by atoms with Gasteiger partial charge in [-0.25, -0.2) is 4.79 Å². The third-order valence-electron chi connectivity index (χ3n) is 3.65. The van der Waals surface area contributed by atoms with Crippen LogP contribution in [0.5, 0.6) is 0 Å². The molecule has 2 unspecified atom stereocenters. The monoisotopic (exact) mass is 345 g/mol. The topological polar surface area (TPSA) is 57.6 Å². The molecule has 0 spiro atoms. The first-order valence-electron chi connectivity index (χ1n) is 6.30. The molecule has 104 valence electrons. The predicted octanol–water partition coefficient (Wildman–Crippen LogP) is 3.23. The first kappa shape index (κ1) is 14.5. The third kappa shape index (κ3) is 3.17. The van der Waals surface area contributed by atoms with Crippen molar-refractivity contribution in [2.45, 2.75) is 32.2 Å². The summed E-state index contributed by atoms with van der Waals surface area (Å²) in [6.45, 7) is 2.60. The second-order valence-electron chi connectivity index (χ2n) is 4.79. The van der Waals surface area contributed by atoms with Crippen molar-refractivity contribution >= 4 is 39.1 Å². The van der Waals surface area contributed by atoms with Crippen LogP contribution in [-0.2, 0) is 4.79 Å². The van der Waals surface area contributed by atoms with Crippen molar-refractivity contribution in [1.29, 1.82) is 0 Å². The number of carbonyl (C=O) groups is 2. The Labute approximate surface area is 124 Å². The summed E-state index contributed by atoms with van der Waals surface area (Å²) in [6, 6.07) is 1.06. The molecule has 4 nitrogen and oxygen atoms in total. The van der Waals surface area contributed by atoms with Crippen LogP contribution >= 0.6 is 27.3 Å². The molecule has 1 aliphatic rings. The largest absolute Gasteiger partial charge is 0.480 e. The Morgan fingerprint density at radius 2 is 2.32 bits per heavy atom. The fourth-order valence-electron chi connectivity index (χ4n) is 2.47. The molecule has 2 heterocycles. The van der Waals surface area contributed by atoms with Crippen molar-refractivity contribution < 1.29 is 14.7 Å². The number of nitrogens with zero attached hydrogens (tertiary/aromatic N) is 1. The molecule has 6 heteroatoms. The predicted molar refractivity (Wildman–Crippen MR) is 77.5 cm³/mol. The van der Waals surface area contributed by atoms with Crippen molar-refractivity contribution in [3.63, 3.8) is 0 Å². The van der Waals surface area contributed by atoms with Gasteiger partial charge >= 0.3 is 5.97 Å². The number of thiophene rings is 1. The molecule has 0 saturated carbocycles. The maximum atomic E-state index is 12.4. The second-order valence-corrected chi connectivity index (χ2v) is 7.08. The molecule has 0 radical (unpaired) electrons. The lowest BCUT2D eigenvalue weighted by atomic mass is 9.88. The van der Waals surface area contributed by atoms with Gasteiger partial charge in [-0.05, 0) is 40.8 Å². The van der Waals surface area contributed by atoms with Gasteiger partial charge in [-0.3, -0.25) is 4.79 Å². The molecule has 0 bridgehead atoms. The third-order valence-corrected chi connectivity index (χ3v) is 5.15. The molecule has 1 saturated heterocycles. The molecule has 2 rings (SSSR count). The normalized spacial score (nSPS) is 23.4. The molecule has 1 aliphatic heterocycles. The van der Waals surface area contributed by atoms with E-state index in [0.29, 0.717) is 24.4 Å². The molecule has 1 fully saturated rings. The summed E-state index contributed by atoms with van der Waals surface area (Å²) in [6.07, 6.45) is 2.41. The number of hydrogen-bond acceptors (Lipinski definition) is 3. The number of hydrogen-bond donors (Lipinski definition) is 1. The zero-order valence-electron chi connectivity index (χ0n) is 10.6. The number of carbonyl (C=O) groups excluding carboxylic acids is 1. The number of aliphatic carboxylic acids is 1. The van der Waals surface area contributed by atoms with Crippen LogP contribution in [0.1, 0.15) is 36.5 Å². The lowest BCUT2D eigenvalue weighted by Gasteiger charge is -2.36. The van der Waals surface area contributed by atoms with Gasteiger partial charge in [-0.2, -0.15) is 0 Å². The minimum atomic E-state index is -0.902. The van der Waals surface area contributed by atoms with E-state index in [4.69, 9.17) is 0 Å². The number of halogens is 1. The van der Waals surface area contributed by atoms with Gasteiger partial charge in [0.2, 0.25) is 0 Å². The molecule has 1 aromatic rings. The average molecular weight is 346 g/mol. The highest BCUT2D eigenvalue weighted by molar-refractivity contribution is 9.11. The van der Waals surface area contributed by atoms with E-state index >= 15 is 0 Å². The highest BCUT2D eigenvalue weighted by Gasteiger charge is 2.36. The first-order valence-corrected chi connectivity index (χ1v) is 7.98. The first-order chi connectivity index (χ1) is 9.02. The van der Waals surface area contributed by atoms with Gasteiger partial charge in [0.25, 0.3) is 5.91 Å². The Hall–Kier alpha value is -0.880. The molecule has 1 N–H and O–H groups in total. The smallest absolute Gasteiger partial charge is 0.326 e. The van der Waals surface area contributed by atoms with E-state index in [0.717, 1.165) is 16.6 Å². The van der Waals surface area contributed by atoms with Crippen LogP contribution in [0.4, 0.5) is 0 Å². The highest BCUT2D eigenvalue weighted by atomic mass is 79.9. The van der Waals surface area contributed by atoms with Crippen LogP contribution < -0.4 is 0 Å². The van der Waals surface area contributed by atoms with E-state index in [9.17, 15) is 14.7 Å². The zero-order chi connectivity index (χ0) is 14.0. The Morgan fingerprint density at radius 1 is 1.58 bits per heavy atom. The Bertz CT molecular complexity index is 488. The van der Waals surface area contributed by atoms with Crippen LogP contribution in [0.3, 0.4) is 0 Å². The van der Waals surface area contributed by atoms with Gasteiger partial charge in [0, 0.05) is 11.9 Å². The molecule has 19 heavy (non-hydrogen) atoms. The summed E-state index contributed by atoms with van der Waals surface area (Å²) in [5, 5.41) is 11.1. The van der Waals surface area contributed by atoms with Crippen LogP contribution in [0.25, 0.3) is 0 Å². The second kappa shape index (κ2) is 6.05. The molecular weight excluding hydrogens is 330 g/mol. The summed E-state index contributed by atoms with van der Waals surface area (Å²) in [5.41, 5.74) is 0.568. The van der Waals surface area contributed by atoms with Gasteiger partial charge in [0.15, 0.2) is 0 Å². The van der Waals surface area contributed by atoms with E-state index in [2.05, 4.69) is 22.9 Å². The molecule has 0 aromatic carbocycles. The maximum Gasteiger partial charge on any atom is 0.326 e. The summed E-state index contributed by atoms with van der Waals surface area (Å²) < 4.78 is 0.881. The number of piperidine rings is 1. The fourth-order valence-corrected chi connectivity index (χ4v) is 3.60. The van der Waals surface area contributed by atoms with Crippen LogP contribution in [-0.4, -0.2) is 34.5 Å². The van der Waals surface area contributed by atoms with E-state index in [-0.39, 0.29) is 5.91 Å². The Morgan fingerprint density at radius 3 is 2.84 bits per heavy atom. The summed E-state index contributed by atoms with van der Waals surface area (Å²) in [5.74, 6) is -0.677. The van der Waals surface area contributed by atoms with Crippen molar-refractivity contribution in [3.05, 3.63) is 20.8 Å². The van der Waals surface area contributed by atoms with Gasteiger partial charge < -0.3 is 10.0 Å². The van der Waals surface area contributed by atoms with Gasteiger partial charge in [-0.15, -0.1) is 11.3 Å². The SMILES string of the molecule is CCC1CCN(C(=O)c2csc(Br)c2)C(C(=O)O)C1. The summed E-state index contributed by atoms with van der Waals surface area (Å²) in [4.78, 5) is 25.2. The number of amides is 1. The molecule has 0 aliphatic carbocycles. The lowest BCUT2D eigenvalue weighted by molar-refractivity contribution is -0.144. The number of carboxylic acids is 1. The fraction of sp³-hybridized carbons (Fsp3) is 0.538. The van der Waals surface area contributed by atoms with Crippen molar-refractivity contribution in [1.82, 2.24) is 4.90 Å². The van der Waals surface area contributed by atoms with Gasteiger partial charge in [-0.1, -0.05) is 13.3 Å². The zero-order valence-corrected chi connectivity index (χ0v) is 13.0. The van der Waals surface area contributed by atoms with Crippen LogP contribution in [0, 0.1) is 5.92 Å². The van der Waals surface area contributed by atoms with Gasteiger partial charge in [0.05, 0.1) is 9.35 Å². The molecular formula is C13H16BrNO3S. The van der Waals surface area contributed by atoms with Crippen LogP contribution in [0.15, 0.2) is 15.2 Å². The van der Waals surface area contributed by atoms with Crippen molar-refractivity contribution in [2.24, 2.45) is 5.92 Å². The Kier molecular flexibility index (Phi) is 4.62. The number of carboxylic acid groups (broad SMARTS) is 1. The van der Waals surface area contributed by atoms with E-state index in [1.165, 1.54) is 16.2 Å². The lowest BCUT2D eigenvalue weighted by Crippen LogP contribution is -2.50. The minimum Gasteiger partial charge on any atom is -0.480 e. The van der Waals surface area contributed by atoms with E-state index in [1.54, 1.807) is 11.4 Å². The highest BCUT2D eigenvalue weighted by Crippen LogP contribution is 2.28. The Balaban J connectivity index is 2.17. The number of likely N-dealkylation sites (tertiary alicyclic amines) is 1. The van der Waals surface area contributed by atoms with Gasteiger partial charge in [0.1, 0.15) is 6.04 Å². The average Bonchev–Trinajstić information content (AvgIpc) is 2.83. The van der Waals surface area contributed by atoms with Crippen molar-refractivity contribution in [2.75, 3.05) is 6.54 Å². The standard InChI is InChI=1S/C13H16BrNO3S/c1-2-8-3-4-15(10(5-8)13(17)18)12(16)9-6-11(14)19-7-9/h6-8,10H,2-5H2,1H3,(H,17,18). The minimum absolute atomic E-state index is 0.177. The van der Waals surface area contributed by atoms with E-state index in [1.807, 2.05) is 0 Å². The molecule has 1 aromatic heterocycles. The summed E-state index contributed by atoms with van der Waals surface area (Å²) >= 11 is 4.75. The quantitative estimate of drug-likeness (QED) is 0.914.